The van der Waals surface area contributed by atoms with Crippen LogP contribution in [-0.2, 0) is 9.53 Å². The Hall–Kier alpha value is -1.42. The third kappa shape index (κ3) is 2.85. The molecule has 1 N–H and O–H groups in total. The standard InChI is InChI=1S/C12H13IN2O5/c1-14(11-6-20-5-8(11)12(16)17)9-3-2-7(13)4-10(9)15(18)19/h2-4,8,11H,5-6H2,1H3,(H,16,17). The lowest BCUT2D eigenvalue weighted by Gasteiger charge is -2.28. The molecule has 1 aromatic rings. The second-order valence-electron chi connectivity index (χ2n) is 4.55. The summed E-state index contributed by atoms with van der Waals surface area (Å²) in [5, 5.41) is 20.3. The summed E-state index contributed by atoms with van der Waals surface area (Å²) in [5.41, 5.74) is 0.368. The first-order valence-corrected chi connectivity index (χ1v) is 6.97. The Kier molecular flexibility index (Phi) is 4.43. The minimum Gasteiger partial charge on any atom is -0.481 e. The van der Waals surface area contributed by atoms with Crippen LogP contribution in [0.15, 0.2) is 18.2 Å². The minimum atomic E-state index is -0.951. The summed E-state index contributed by atoms with van der Waals surface area (Å²) in [7, 11) is 1.66. The molecule has 1 heterocycles. The van der Waals surface area contributed by atoms with Crippen LogP contribution in [0.2, 0.25) is 0 Å². The number of nitrogens with zero attached hydrogens (tertiary/aromatic N) is 2. The average molecular weight is 392 g/mol. The van der Waals surface area contributed by atoms with E-state index in [1.807, 2.05) is 22.6 Å². The number of halogens is 1. The minimum absolute atomic E-state index is 0.0320. The van der Waals surface area contributed by atoms with Crippen LogP contribution in [0.3, 0.4) is 0 Å². The van der Waals surface area contributed by atoms with Crippen molar-refractivity contribution >= 4 is 39.9 Å². The van der Waals surface area contributed by atoms with Gasteiger partial charge >= 0.3 is 5.97 Å². The zero-order valence-corrected chi connectivity index (χ0v) is 12.8. The number of likely N-dealkylation sites (N-methyl/N-ethyl adjacent to an activating group) is 1. The number of nitro benzene ring substituents is 1. The number of aliphatic carboxylic acids is 1. The van der Waals surface area contributed by atoms with Crippen LogP contribution in [0.1, 0.15) is 0 Å². The fraction of sp³-hybridized carbons (Fsp3) is 0.417. The molecule has 1 aliphatic heterocycles. The molecule has 0 amide bonds. The van der Waals surface area contributed by atoms with E-state index in [-0.39, 0.29) is 18.9 Å². The van der Waals surface area contributed by atoms with Gasteiger partial charge in [0.1, 0.15) is 11.6 Å². The van der Waals surface area contributed by atoms with E-state index < -0.39 is 22.9 Å². The molecule has 8 heteroatoms. The molecule has 1 fully saturated rings. The highest BCUT2D eigenvalue weighted by Crippen LogP contribution is 2.33. The maximum atomic E-state index is 11.2. The van der Waals surface area contributed by atoms with Crippen molar-refractivity contribution in [2.24, 2.45) is 5.92 Å². The molecule has 20 heavy (non-hydrogen) atoms. The fourth-order valence-corrected chi connectivity index (χ4v) is 2.76. The maximum Gasteiger partial charge on any atom is 0.311 e. The lowest BCUT2D eigenvalue weighted by Crippen LogP contribution is -2.41. The summed E-state index contributed by atoms with van der Waals surface area (Å²) in [6.45, 7) is 0.374. The van der Waals surface area contributed by atoms with Gasteiger partial charge in [0.15, 0.2) is 0 Å². The normalized spacial score (nSPS) is 21.7. The van der Waals surface area contributed by atoms with E-state index in [2.05, 4.69) is 0 Å². The van der Waals surface area contributed by atoms with Gasteiger partial charge in [-0.05, 0) is 34.7 Å². The van der Waals surface area contributed by atoms with E-state index in [9.17, 15) is 14.9 Å². The summed E-state index contributed by atoms with van der Waals surface area (Å²) < 4.78 is 5.96. The van der Waals surface area contributed by atoms with Crippen LogP contribution in [0.5, 0.6) is 0 Å². The van der Waals surface area contributed by atoms with Gasteiger partial charge in [-0.1, -0.05) is 0 Å². The summed E-state index contributed by atoms with van der Waals surface area (Å²) in [6.07, 6.45) is 0. The molecule has 2 rings (SSSR count). The Balaban J connectivity index is 2.36. The molecular weight excluding hydrogens is 379 g/mol. The Labute approximate surface area is 128 Å². The molecule has 1 aromatic carbocycles. The second-order valence-corrected chi connectivity index (χ2v) is 5.80. The summed E-state index contributed by atoms with van der Waals surface area (Å²) in [4.78, 5) is 23.5. The zero-order valence-electron chi connectivity index (χ0n) is 10.7. The van der Waals surface area contributed by atoms with Gasteiger partial charge in [0.2, 0.25) is 0 Å². The van der Waals surface area contributed by atoms with Crippen LogP contribution < -0.4 is 4.90 Å². The lowest BCUT2D eigenvalue weighted by atomic mass is 10.0. The van der Waals surface area contributed by atoms with Crippen molar-refractivity contribution in [3.8, 4) is 0 Å². The third-order valence-corrected chi connectivity index (χ3v) is 4.05. The molecule has 0 aliphatic carbocycles. The van der Waals surface area contributed by atoms with Crippen LogP contribution in [0.25, 0.3) is 0 Å². The fourth-order valence-electron chi connectivity index (χ4n) is 2.28. The number of hydrogen-bond acceptors (Lipinski definition) is 5. The van der Waals surface area contributed by atoms with Gasteiger partial charge in [0.05, 0.1) is 24.2 Å². The Morgan fingerprint density at radius 2 is 2.25 bits per heavy atom. The largest absolute Gasteiger partial charge is 0.481 e. The smallest absolute Gasteiger partial charge is 0.311 e. The van der Waals surface area contributed by atoms with Gasteiger partial charge in [-0.2, -0.15) is 0 Å². The monoisotopic (exact) mass is 392 g/mol. The number of hydrogen-bond donors (Lipinski definition) is 1. The number of nitro groups is 1. The summed E-state index contributed by atoms with van der Waals surface area (Å²) in [6, 6.07) is 4.45. The van der Waals surface area contributed by atoms with Crippen LogP contribution in [0.4, 0.5) is 11.4 Å². The van der Waals surface area contributed by atoms with Crippen molar-refractivity contribution in [2.45, 2.75) is 6.04 Å². The van der Waals surface area contributed by atoms with Crippen LogP contribution >= 0.6 is 22.6 Å². The summed E-state index contributed by atoms with van der Waals surface area (Å²) >= 11 is 2.00. The molecule has 0 radical (unpaired) electrons. The van der Waals surface area contributed by atoms with Gasteiger partial charge in [0.25, 0.3) is 5.69 Å². The van der Waals surface area contributed by atoms with Gasteiger partial charge < -0.3 is 14.7 Å². The lowest BCUT2D eigenvalue weighted by molar-refractivity contribution is -0.384. The van der Waals surface area contributed by atoms with Crippen molar-refractivity contribution in [2.75, 3.05) is 25.2 Å². The Morgan fingerprint density at radius 3 is 2.85 bits per heavy atom. The first-order chi connectivity index (χ1) is 9.41. The topological polar surface area (TPSA) is 92.9 Å². The van der Waals surface area contributed by atoms with Crippen molar-refractivity contribution in [1.29, 1.82) is 0 Å². The molecular formula is C12H13IN2O5. The first kappa shape index (κ1) is 15.0. The highest BCUT2D eigenvalue weighted by Gasteiger charge is 2.38. The molecule has 108 valence electrons. The predicted octanol–water partition coefficient (Wildman–Crippen LogP) is 1.74. The zero-order chi connectivity index (χ0) is 14.9. The summed E-state index contributed by atoms with van der Waals surface area (Å²) in [5.74, 6) is -1.63. The van der Waals surface area contributed by atoms with E-state index >= 15 is 0 Å². The SMILES string of the molecule is CN(c1ccc(I)cc1[N+](=O)[O-])C1COCC1C(=O)O. The van der Waals surface area contributed by atoms with Gasteiger partial charge in [-0.25, -0.2) is 0 Å². The number of carboxylic acid groups (broad SMARTS) is 1. The van der Waals surface area contributed by atoms with E-state index in [1.54, 1.807) is 24.1 Å². The molecule has 0 bridgehead atoms. The van der Waals surface area contributed by atoms with Crippen molar-refractivity contribution in [1.82, 2.24) is 0 Å². The van der Waals surface area contributed by atoms with Crippen molar-refractivity contribution in [3.05, 3.63) is 31.9 Å². The van der Waals surface area contributed by atoms with E-state index in [1.165, 1.54) is 6.07 Å². The molecule has 7 nitrogen and oxygen atoms in total. The Morgan fingerprint density at radius 1 is 1.55 bits per heavy atom. The highest BCUT2D eigenvalue weighted by atomic mass is 127. The van der Waals surface area contributed by atoms with E-state index in [0.717, 1.165) is 3.57 Å². The van der Waals surface area contributed by atoms with Crippen molar-refractivity contribution in [3.63, 3.8) is 0 Å². The number of rotatable bonds is 4. The quantitative estimate of drug-likeness (QED) is 0.477. The van der Waals surface area contributed by atoms with E-state index in [4.69, 9.17) is 9.84 Å². The Bertz CT molecular complexity index is 551. The van der Waals surface area contributed by atoms with Crippen LogP contribution in [-0.4, -0.2) is 42.3 Å². The van der Waals surface area contributed by atoms with Gasteiger partial charge in [-0.3, -0.25) is 14.9 Å². The van der Waals surface area contributed by atoms with Gasteiger partial charge in [0, 0.05) is 16.7 Å². The van der Waals surface area contributed by atoms with Crippen molar-refractivity contribution < 1.29 is 19.6 Å². The molecule has 0 saturated carbocycles. The highest BCUT2D eigenvalue weighted by molar-refractivity contribution is 14.1. The number of carbonyl (C=O) groups is 1. The molecule has 0 aromatic heterocycles. The molecule has 2 unspecified atom stereocenters. The second kappa shape index (κ2) is 5.92. The van der Waals surface area contributed by atoms with Crippen LogP contribution in [0, 0.1) is 19.6 Å². The molecule has 2 atom stereocenters. The third-order valence-electron chi connectivity index (χ3n) is 3.38. The number of benzene rings is 1. The first-order valence-electron chi connectivity index (χ1n) is 5.89. The number of carboxylic acids is 1. The average Bonchev–Trinajstić information content (AvgIpc) is 2.87. The molecule has 0 spiro atoms. The van der Waals surface area contributed by atoms with Gasteiger partial charge in [-0.15, -0.1) is 0 Å². The number of ether oxygens (including phenoxy) is 1. The maximum absolute atomic E-state index is 11.2. The molecule has 1 saturated heterocycles. The van der Waals surface area contributed by atoms with E-state index in [0.29, 0.717) is 5.69 Å². The molecule has 1 aliphatic rings. The number of anilines is 1. The predicted molar refractivity (Wildman–Crippen MR) is 79.9 cm³/mol.